The Morgan fingerprint density at radius 3 is 2.17 bits per heavy atom. The Kier molecular flexibility index (Phi) is 4.63. The van der Waals surface area contributed by atoms with Gasteiger partial charge in [-0.2, -0.15) is 0 Å². The van der Waals surface area contributed by atoms with Gasteiger partial charge in [-0.15, -0.1) is 0 Å². The van der Waals surface area contributed by atoms with Gasteiger partial charge in [0, 0.05) is 16.6 Å². The van der Waals surface area contributed by atoms with E-state index in [1.807, 2.05) is 6.07 Å². The highest BCUT2D eigenvalue weighted by Gasteiger charge is 2.06. The normalized spacial score (nSPS) is 10.4. The minimum atomic E-state index is 0.503. The predicted molar refractivity (Wildman–Crippen MR) is 80.3 cm³/mol. The summed E-state index contributed by atoms with van der Waals surface area (Å²) in [7, 11) is 0. The van der Waals surface area contributed by atoms with Gasteiger partial charge in [-0.1, -0.05) is 52.5 Å². The zero-order chi connectivity index (χ0) is 13.1. The summed E-state index contributed by atoms with van der Waals surface area (Å²) in [5.41, 5.74) is 1.58. The number of hydrogen-bond acceptors (Lipinski definition) is 1. The van der Waals surface area contributed by atoms with Crippen LogP contribution in [0.3, 0.4) is 0 Å². The van der Waals surface area contributed by atoms with Crippen molar-refractivity contribution < 1.29 is 0 Å². The fraction of sp³-hybridized carbons (Fsp3) is 0.0769. The van der Waals surface area contributed by atoms with Gasteiger partial charge in [0.2, 0.25) is 0 Å². The minimum Gasteiger partial charge on any atom is -0.378 e. The van der Waals surface area contributed by atoms with E-state index in [-0.39, 0.29) is 0 Å². The largest absolute Gasteiger partial charge is 0.378 e. The fourth-order valence-electron chi connectivity index (χ4n) is 1.53. The van der Waals surface area contributed by atoms with E-state index in [4.69, 9.17) is 46.4 Å². The highest BCUT2D eigenvalue weighted by molar-refractivity contribution is 6.39. The third-order valence-corrected chi connectivity index (χ3v) is 3.66. The Labute approximate surface area is 126 Å². The molecule has 0 heterocycles. The Morgan fingerprint density at radius 2 is 1.50 bits per heavy atom. The minimum absolute atomic E-state index is 0.503. The van der Waals surface area contributed by atoms with Crippen LogP contribution in [0.15, 0.2) is 36.4 Å². The highest BCUT2D eigenvalue weighted by atomic mass is 35.5. The molecule has 1 N–H and O–H groups in total. The Hall–Kier alpha value is -0.600. The SMILES string of the molecule is Clc1ccc(Cl)c(CNc2c(Cl)cccc2Cl)c1. The van der Waals surface area contributed by atoms with Gasteiger partial charge in [0.05, 0.1) is 15.7 Å². The highest BCUT2D eigenvalue weighted by Crippen LogP contribution is 2.31. The lowest BCUT2D eigenvalue weighted by atomic mass is 10.2. The molecule has 0 fully saturated rings. The molecule has 94 valence electrons. The number of halogens is 4. The number of nitrogens with one attached hydrogen (secondary N) is 1. The Bertz CT molecular complexity index is 549. The molecule has 0 amide bonds. The molecule has 2 aromatic rings. The predicted octanol–water partition coefficient (Wildman–Crippen LogP) is 5.91. The third kappa shape index (κ3) is 3.24. The topological polar surface area (TPSA) is 12.0 Å². The average molecular weight is 321 g/mol. The van der Waals surface area contributed by atoms with Crippen molar-refractivity contribution >= 4 is 52.1 Å². The second-order valence-corrected chi connectivity index (χ2v) is 5.34. The Morgan fingerprint density at radius 1 is 0.833 bits per heavy atom. The van der Waals surface area contributed by atoms with Crippen molar-refractivity contribution in [2.45, 2.75) is 6.54 Å². The van der Waals surface area contributed by atoms with E-state index in [0.717, 1.165) is 5.56 Å². The number of para-hydroxylation sites is 1. The molecular formula is C13H9Cl4N. The molecular weight excluding hydrogens is 312 g/mol. The first-order valence-electron chi connectivity index (χ1n) is 5.20. The van der Waals surface area contributed by atoms with Crippen LogP contribution in [0.1, 0.15) is 5.56 Å². The van der Waals surface area contributed by atoms with Gasteiger partial charge in [-0.25, -0.2) is 0 Å². The second kappa shape index (κ2) is 6.03. The summed E-state index contributed by atoms with van der Waals surface area (Å²) in [5.74, 6) is 0. The molecule has 0 aliphatic rings. The van der Waals surface area contributed by atoms with Crippen LogP contribution in [0.5, 0.6) is 0 Å². The van der Waals surface area contributed by atoms with Gasteiger partial charge in [-0.05, 0) is 35.9 Å². The van der Waals surface area contributed by atoms with Crippen LogP contribution in [0, 0.1) is 0 Å². The van der Waals surface area contributed by atoms with E-state index in [9.17, 15) is 0 Å². The second-order valence-electron chi connectivity index (χ2n) is 3.69. The van der Waals surface area contributed by atoms with Gasteiger partial charge in [0.1, 0.15) is 0 Å². The van der Waals surface area contributed by atoms with Crippen molar-refractivity contribution in [3.05, 3.63) is 62.1 Å². The molecule has 5 heteroatoms. The maximum absolute atomic E-state index is 6.08. The molecule has 0 aliphatic carbocycles. The zero-order valence-electron chi connectivity index (χ0n) is 9.18. The van der Waals surface area contributed by atoms with Gasteiger partial charge in [-0.3, -0.25) is 0 Å². The summed E-state index contributed by atoms with van der Waals surface area (Å²) in [4.78, 5) is 0. The van der Waals surface area contributed by atoms with E-state index in [1.165, 1.54) is 0 Å². The van der Waals surface area contributed by atoms with E-state index in [2.05, 4.69) is 5.32 Å². The average Bonchev–Trinajstić information content (AvgIpc) is 2.33. The molecule has 0 bridgehead atoms. The quantitative estimate of drug-likeness (QED) is 0.741. The van der Waals surface area contributed by atoms with Crippen LogP contribution in [0.4, 0.5) is 5.69 Å². The van der Waals surface area contributed by atoms with Crippen LogP contribution in [0.2, 0.25) is 20.1 Å². The zero-order valence-corrected chi connectivity index (χ0v) is 12.2. The molecule has 0 atom stereocenters. The molecule has 0 unspecified atom stereocenters. The first-order valence-corrected chi connectivity index (χ1v) is 6.71. The van der Waals surface area contributed by atoms with E-state index >= 15 is 0 Å². The summed E-state index contributed by atoms with van der Waals surface area (Å²) in [5, 5.41) is 5.59. The molecule has 0 radical (unpaired) electrons. The first kappa shape index (κ1) is 13.8. The van der Waals surface area contributed by atoms with Crippen LogP contribution >= 0.6 is 46.4 Å². The smallest absolute Gasteiger partial charge is 0.0721 e. The third-order valence-electron chi connectivity index (χ3n) is 2.43. The molecule has 0 aromatic heterocycles. The monoisotopic (exact) mass is 319 g/mol. The van der Waals surface area contributed by atoms with Crippen molar-refractivity contribution in [1.29, 1.82) is 0 Å². The van der Waals surface area contributed by atoms with Crippen molar-refractivity contribution in [2.75, 3.05) is 5.32 Å². The van der Waals surface area contributed by atoms with Crippen molar-refractivity contribution in [3.63, 3.8) is 0 Å². The van der Waals surface area contributed by atoms with Crippen molar-refractivity contribution in [2.24, 2.45) is 0 Å². The fourth-order valence-corrected chi connectivity index (χ4v) is 2.44. The number of anilines is 1. The number of hydrogen-bond donors (Lipinski definition) is 1. The van der Waals surface area contributed by atoms with Gasteiger partial charge >= 0.3 is 0 Å². The number of benzene rings is 2. The van der Waals surface area contributed by atoms with Gasteiger partial charge < -0.3 is 5.32 Å². The molecule has 0 saturated carbocycles. The molecule has 2 aromatic carbocycles. The molecule has 1 nitrogen and oxygen atoms in total. The van der Waals surface area contributed by atoms with E-state index < -0.39 is 0 Å². The van der Waals surface area contributed by atoms with Crippen LogP contribution in [-0.4, -0.2) is 0 Å². The van der Waals surface area contributed by atoms with E-state index in [1.54, 1.807) is 30.3 Å². The molecule has 0 spiro atoms. The van der Waals surface area contributed by atoms with Gasteiger partial charge in [0.15, 0.2) is 0 Å². The van der Waals surface area contributed by atoms with Crippen molar-refractivity contribution in [3.8, 4) is 0 Å². The lowest BCUT2D eigenvalue weighted by Gasteiger charge is -2.11. The maximum atomic E-state index is 6.08. The van der Waals surface area contributed by atoms with Crippen LogP contribution in [0.25, 0.3) is 0 Å². The summed E-state index contributed by atoms with van der Waals surface area (Å²) in [6, 6.07) is 10.7. The molecule has 2 rings (SSSR count). The molecule has 0 aliphatic heterocycles. The Balaban J connectivity index is 2.19. The molecule has 0 saturated heterocycles. The summed E-state index contributed by atoms with van der Waals surface area (Å²) in [6.07, 6.45) is 0. The lowest BCUT2D eigenvalue weighted by molar-refractivity contribution is 1.15. The first-order chi connectivity index (χ1) is 8.58. The summed E-state index contributed by atoms with van der Waals surface area (Å²) >= 11 is 24.1. The van der Waals surface area contributed by atoms with Gasteiger partial charge in [0.25, 0.3) is 0 Å². The standard InChI is InChI=1S/C13H9Cl4N/c14-9-4-5-10(15)8(6-9)7-18-13-11(16)2-1-3-12(13)17/h1-6,18H,7H2. The summed E-state index contributed by atoms with van der Waals surface area (Å²) < 4.78 is 0. The summed E-state index contributed by atoms with van der Waals surface area (Å²) in [6.45, 7) is 0.503. The van der Waals surface area contributed by atoms with E-state index in [0.29, 0.717) is 32.3 Å². The lowest BCUT2D eigenvalue weighted by Crippen LogP contribution is -2.01. The number of rotatable bonds is 3. The van der Waals surface area contributed by atoms with Crippen molar-refractivity contribution in [1.82, 2.24) is 0 Å². The maximum Gasteiger partial charge on any atom is 0.0721 e. The molecule has 18 heavy (non-hydrogen) atoms. The van der Waals surface area contributed by atoms with Crippen LogP contribution < -0.4 is 5.32 Å². The van der Waals surface area contributed by atoms with Crippen LogP contribution in [-0.2, 0) is 6.54 Å².